The molecule has 0 aliphatic rings. The summed E-state index contributed by atoms with van der Waals surface area (Å²) in [5.74, 6) is -0.700. The minimum Gasteiger partial charge on any atom is -0.263 e. The van der Waals surface area contributed by atoms with Gasteiger partial charge in [-0.2, -0.15) is 0 Å². The monoisotopic (exact) mass is 422 g/mol. The fraction of sp³-hybridized carbons (Fsp3) is 0.0833. The number of pyridine rings is 1. The van der Waals surface area contributed by atoms with Crippen LogP contribution >= 0.6 is 31.9 Å². The minimum atomic E-state index is -4.01. The minimum absolute atomic E-state index is 0.132. The first-order valence-corrected chi connectivity index (χ1v) is 8.47. The van der Waals surface area contributed by atoms with Gasteiger partial charge in [-0.25, -0.2) is 17.8 Å². The lowest BCUT2D eigenvalue weighted by Crippen LogP contribution is -2.15. The van der Waals surface area contributed by atoms with Crippen molar-refractivity contribution in [2.24, 2.45) is 0 Å². The van der Waals surface area contributed by atoms with E-state index in [0.29, 0.717) is 10.2 Å². The molecule has 1 aromatic heterocycles. The van der Waals surface area contributed by atoms with Gasteiger partial charge < -0.3 is 0 Å². The third kappa shape index (κ3) is 3.36. The van der Waals surface area contributed by atoms with E-state index in [0.717, 1.165) is 10.5 Å². The lowest BCUT2D eigenvalue weighted by Gasteiger charge is -2.09. The number of aromatic nitrogens is 1. The molecule has 0 spiro atoms. The van der Waals surface area contributed by atoms with E-state index in [4.69, 9.17) is 0 Å². The van der Waals surface area contributed by atoms with Gasteiger partial charge in [0.1, 0.15) is 16.5 Å². The number of hydrogen-bond donors (Lipinski definition) is 1. The Morgan fingerprint density at radius 3 is 2.50 bits per heavy atom. The summed E-state index contributed by atoms with van der Waals surface area (Å²) in [7, 11) is -4.01. The van der Waals surface area contributed by atoms with Crippen LogP contribution in [0.5, 0.6) is 0 Å². The average molecular weight is 424 g/mol. The van der Waals surface area contributed by atoms with Gasteiger partial charge in [0.2, 0.25) is 0 Å². The van der Waals surface area contributed by atoms with Crippen molar-refractivity contribution < 1.29 is 12.8 Å². The first-order chi connectivity index (χ1) is 9.29. The van der Waals surface area contributed by atoms with E-state index in [1.807, 2.05) is 0 Å². The summed E-state index contributed by atoms with van der Waals surface area (Å²) in [6, 6.07) is 6.89. The molecule has 1 N–H and O–H groups in total. The third-order valence-corrected chi connectivity index (χ3v) is 5.16. The molecular formula is C12H9Br2FN2O2S. The number of nitrogens with zero attached hydrogens (tertiary/aromatic N) is 1. The van der Waals surface area contributed by atoms with Gasteiger partial charge in [0, 0.05) is 8.95 Å². The Bertz CT molecular complexity index is 766. The van der Waals surface area contributed by atoms with Crippen molar-refractivity contribution in [1.82, 2.24) is 4.98 Å². The largest absolute Gasteiger partial charge is 0.265 e. The van der Waals surface area contributed by atoms with Crippen molar-refractivity contribution in [3.63, 3.8) is 0 Å². The zero-order valence-electron chi connectivity index (χ0n) is 10.2. The number of aryl methyl sites for hydroxylation is 1. The fourth-order valence-electron chi connectivity index (χ4n) is 1.49. The van der Waals surface area contributed by atoms with Crippen molar-refractivity contribution in [2.75, 3.05) is 4.72 Å². The molecule has 0 saturated carbocycles. The number of sulfonamides is 1. The van der Waals surface area contributed by atoms with E-state index in [2.05, 4.69) is 41.6 Å². The predicted molar refractivity (Wildman–Crippen MR) is 81.6 cm³/mol. The van der Waals surface area contributed by atoms with Gasteiger partial charge in [-0.15, -0.1) is 0 Å². The maximum Gasteiger partial charge on any atom is 0.265 e. The van der Waals surface area contributed by atoms with Crippen molar-refractivity contribution in [1.29, 1.82) is 0 Å². The van der Waals surface area contributed by atoms with Crippen LogP contribution in [0.25, 0.3) is 0 Å². The van der Waals surface area contributed by atoms with E-state index < -0.39 is 20.7 Å². The molecule has 1 aromatic carbocycles. The normalized spacial score (nSPS) is 11.4. The maximum absolute atomic E-state index is 13.7. The van der Waals surface area contributed by atoms with Crippen LogP contribution in [0.3, 0.4) is 0 Å². The molecule has 0 aliphatic carbocycles. The molecule has 2 aromatic rings. The summed E-state index contributed by atoms with van der Waals surface area (Å²) in [5, 5.41) is 0. The van der Waals surface area contributed by atoms with Crippen LogP contribution in [0.4, 0.5) is 10.2 Å². The summed E-state index contributed by atoms with van der Waals surface area (Å²) in [6.07, 6.45) is 0. The SMILES string of the molecule is Cc1nc(NS(=O)(=O)c2ccc(Br)cc2F)ccc1Br. The Kier molecular flexibility index (Phi) is 4.46. The van der Waals surface area contributed by atoms with Crippen LogP contribution in [-0.2, 0) is 10.0 Å². The lowest BCUT2D eigenvalue weighted by atomic mass is 10.3. The number of nitrogens with one attached hydrogen (secondary N) is 1. The second-order valence-corrected chi connectivity index (χ2v) is 7.36. The van der Waals surface area contributed by atoms with Crippen LogP contribution < -0.4 is 4.72 Å². The van der Waals surface area contributed by atoms with Crippen LogP contribution in [0.15, 0.2) is 44.2 Å². The second kappa shape index (κ2) is 5.79. The highest BCUT2D eigenvalue weighted by Gasteiger charge is 2.20. The Morgan fingerprint density at radius 1 is 1.20 bits per heavy atom. The Balaban J connectivity index is 2.38. The molecule has 0 aliphatic heterocycles. The maximum atomic E-state index is 13.7. The van der Waals surface area contributed by atoms with Crippen molar-refractivity contribution >= 4 is 47.7 Å². The van der Waals surface area contributed by atoms with Gasteiger partial charge in [-0.05, 0) is 53.2 Å². The average Bonchev–Trinajstić information content (AvgIpc) is 2.33. The highest BCUT2D eigenvalue weighted by Crippen LogP contribution is 2.22. The molecule has 4 nitrogen and oxygen atoms in total. The van der Waals surface area contributed by atoms with Gasteiger partial charge in [-0.3, -0.25) is 4.72 Å². The molecule has 106 valence electrons. The first kappa shape index (κ1) is 15.4. The molecule has 0 atom stereocenters. The van der Waals surface area contributed by atoms with Gasteiger partial charge in [0.05, 0.1) is 5.69 Å². The zero-order valence-corrected chi connectivity index (χ0v) is 14.2. The van der Waals surface area contributed by atoms with Gasteiger partial charge in [0.25, 0.3) is 10.0 Å². The number of rotatable bonds is 3. The zero-order chi connectivity index (χ0) is 14.9. The predicted octanol–water partition coefficient (Wildman–Crippen LogP) is 3.85. The number of hydrogen-bond acceptors (Lipinski definition) is 3. The molecule has 0 radical (unpaired) electrons. The molecule has 20 heavy (non-hydrogen) atoms. The van der Waals surface area contributed by atoms with Gasteiger partial charge in [0.15, 0.2) is 0 Å². The third-order valence-electron chi connectivity index (χ3n) is 2.44. The summed E-state index contributed by atoms with van der Waals surface area (Å²) >= 11 is 6.34. The fourth-order valence-corrected chi connectivity index (χ4v) is 3.10. The molecule has 2 rings (SSSR count). The first-order valence-electron chi connectivity index (χ1n) is 5.40. The van der Waals surface area contributed by atoms with Gasteiger partial charge in [-0.1, -0.05) is 15.9 Å². The molecule has 1 heterocycles. The Hall–Kier alpha value is -0.990. The highest BCUT2D eigenvalue weighted by atomic mass is 79.9. The van der Waals surface area contributed by atoms with E-state index in [1.165, 1.54) is 18.2 Å². The molecular weight excluding hydrogens is 415 g/mol. The summed E-state index contributed by atoms with van der Waals surface area (Å²) in [6.45, 7) is 1.72. The Labute approximate surface area is 132 Å². The lowest BCUT2D eigenvalue weighted by molar-refractivity contribution is 0.569. The van der Waals surface area contributed by atoms with E-state index >= 15 is 0 Å². The molecule has 0 bridgehead atoms. The van der Waals surface area contributed by atoms with Crippen molar-refractivity contribution in [3.05, 3.63) is 50.8 Å². The quantitative estimate of drug-likeness (QED) is 0.815. The van der Waals surface area contributed by atoms with Crippen LogP contribution in [-0.4, -0.2) is 13.4 Å². The summed E-state index contributed by atoms with van der Waals surface area (Å²) in [4.78, 5) is 3.63. The molecule has 0 amide bonds. The van der Waals surface area contributed by atoms with E-state index in [9.17, 15) is 12.8 Å². The van der Waals surface area contributed by atoms with E-state index in [-0.39, 0.29) is 5.82 Å². The van der Waals surface area contributed by atoms with Crippen LogP contribution in [0, 0.1) is 12.7 Å². The standard InChI is InChI=1S/C12H9Br2FN2O2S/c1-7-9(14)3-5-12(16-7)17-20(18,19)11-4-2-8(13)6-10(11)15/h2-6H,1H3,(H,16,17). The number of halogens is 3. The van der Waals surface area contributed by atoms with Crippen LogP contribution in [0.2, 0.25) is 0 Å². The molecule has 0 saturated heterocycles. The van der Waals surface area contributed by atoms with Crippen molar-refractivity contribution in [3.8, 4) is 0 Å². The summed E-state index contributed by atoms with van der Waals surface area (Å²) < 4.78 is 41.4. The number of benzene rings is 1. The second-order valence-electron chi connectivity index (χ2n) is 3.94. The Morgan fingerprint density at radius 2 is 1.90 bits per heavy atom. The number of anilines is 1. The highest BCUT2D eigenvalue weighted by molar-refractivity contribution is 9.10. The molecule has 0 fully saturated rings. The topological polar surface area (TPSA) is 59.1 Å². The van der Waals surface area contributed by atoms with Gasteiger partial charge >= 0.3 is 0 Å². The molecule has 8 heteroatoms. The summed E-state index contributed by atoms with van der Waals surface area (Å²) in [5.41, 5.74) is 0.626. The van der Waals surface area contributed by atoms with E-state index in [1.54, 1.807) is 13.0 Å². The van der Waals surface area contributed by atoms with Crippen LogP contribution in [0.1, 0.15) is 5.69 Å². The molecule has 0 unspecified atom stereocenters. The smallest absolute Gasteiger partial charge is 0.263 e. The van der Waals surface area contributed by atoms with Crippen molar-refractivity contribution in [2.45, 2.75) is 11.8 Å².